The highest BCUT2D eigenvalue weighted by molar-refractivity contribution is 6.30. The minimum atomic E-state index is 0.00778. The number of aromatic amines is 1. The van der Waals surface area contributed by atoms with Gasteiger partial charge in [-0.25, -0.2) is 4.98 Å². The van der Waals surface area contributed by atoms with Crippen LogP contribution in [0.3, 0.4) is 0 Å². The van der Waals surface area contributed by atoms with Gasteiger partial charge in [-0.3, -0.25) is 9.69 Å². The van der Waals surface area contributed by atoms with Crippen LogP contribution >= 0.6 is 11.6 Å². The van der Waals surface area contributed by atoms with Crippen molar-refractivity contribution in [2.45, 2.75) is 6.61 Å². The van der Waals surface area contributed by atoms with Crippen LogP contribution in [0.25, 0.3) is 0 Å². The van der Waals surface area contributed by atoms with Crippen LogP contribution in [0.1, 0.15) is 15.9 Å². The Kier molecular flexibility index (Phi) is 5.96. The lowest BCUT2D eigenvalue weighted by Gasteiger charge is -2.31. The number of rotatable bonds is 5. The molecule has 1 saturated heterocycles. The van der Waals surface area contributed by atoms with Crippen molar-refractivity contribution in [3.8, 4) is 5.75 Å². The summed E-state index contributed by atoms with van der Waals surface area (Å²) >= 11 is 5.93. The number of pyridine rings is 1. The van der Waals surface area contributed by atoms with Crippen LogP contribution in [-0.2, 0) is 6.61 Å². The molecule has 0 radical (unpaired) electrons. The zero-order valence-corrected chi connectivity index (χ0v) is 16.8. The summed E-state index contributed by atoms with van der Waals surface area (Å²) in [6.07, 6.45) is 1.92. The van der Waals surface area contributed by atoms with Crippen LogP contribution in [-0.4, -0.2) is 37.0 Å². The molecule has 3 aromatic rings. The standard InChI is InChI=1S/C23H22ClN3O2/c24-19-10-8-18(9-11-19)17-29-21-6-2-1-5-20(21)23(28)27-15-13-26(14-16-27)22-7-3-4-12-25-22/h1-12H,13-17H2/p+1. The van der Waals surface area contributed by atoms with Crippen molar-refractivity contribution in [3.63, 3.8) is 0 Å². The van der Waals surface area contributed by atoms with E-state index in [4.69, 9.17) is 16.3 Å². The molecular weight excluding hydrogens is 386 g/mol. The number of hydrogen-bond acceptors (Lipinski definition) is 3. The van der Waals surface area contributed by atoms with Gasteiger partial charge in [0.25, 0.3) is 11.7 Å². The summed E-state index contributed by atoms with van der Waals surface area (Å²) in [7, 11) is 0. The molecule has 4 rings (SSSR count). The van der Waals surface area contributed by atoms with E-state index in [1.54, 1.807) is 0 Å². The molecule has 2 aromatic carbocycles. The summed E-state index contributed by atoms with van der Waals surface area (Å²) in [6, 6.07) is 21.0. The van der Waals surface area contributed by atoms with Crippen LogP contribution in [0.4, 0.5) is 5.82 Å². The van der Waals surface area contributed by atoms with Crippen LogP contribution in [0.5, 0.6) is 5.75 Å². The monoisotopic (exact) mass is 408 g/mol. The topological polar surface area (TPSA) is 46.9 Å². The lowest BCUT2D eigenvalue weighted by Crippen LogP contribution is -2.50. The molecule has 6 heteroatoms. The molecule has 0 saturated carbocycles. The number of aromatic nitrogens is 1. The van der Waals surface area contributed by atoms with Gasteiger partial charge in [-0.15, -0.1) is 0 Å². The van der Waals surface area contributed by atoms with Crippen molar-refractivity contribution < 1.29 is 14.5 Å². The molecule has 1 amide bonds. The molecule has 5 nitrogen and oxygen atoms in total. The van der Waals surface area contributed by atoms with E-state index in [1.807, 2.05) is 71.8 Å². The molecular formula is C23H23ClN3O2+. The summed E-state index contributed by atoms with van der Waals surface area (Å²) in [5.41, 5.74) is 1.60. The second kappa shape index (κ2) is 8.97. The molecule has 2 heterocycles. The van der Waals surface area contributed by atoms with Crippen molar-refractivity contribution in [3.05, 3.63) is 89.1 Å². The third kappa shape index (κ3) is 4.69. The molecule has 148 valence electrons. The number of carbonyl (C=O) groups excluding carboxylic acids is 1. The van der Waals surface area contributed by atoms with E-state index < -0.39 is 0 Å². The van der Waals surface area contributed by atoms with E-state index in [9.17, 15) is 4.79 Å². The Labute approximate surface area is 175 Å². The number of halogens is 1. The minimum Gasteiger partial charge on any atom is -0.488 e. The lowest BCUT2D eigenvalue weighted by molar-refractivity contribution is -0.364. The Hall–Kier alpha value is -3.05. The predicted octanol–water partition coefficient (Wildman–Crippen LogP) is 3.70. The van der Waals surface area contributed by atoms with Gasteiger partial charge in [-0.05, 0) is 35.9 Å². The van der Waals surface area contributed by atoms with Gasteiger partial charge in [0.05, 0.1) is 24.8 Å². The molecule has 29 heavy (non-hydrogen) atoms. The molecule has 1 aliphatic rings. The summed E-state index contributed by atoms with van der Waals surface area (Å²) in [4.78, 5) is 20.5. The van der Waals surface area contributed by atoms with E-state index in [1.165, 1.54) is 0 Å². The molecule has 0 aliphatic carbocycles. The first-order chi connectivity index (χ1) is 14.2. The number of anilines is 1. The third-order valence-corrected chi connectivity index (χ3v) is 5.28. The first-order valence-corrected chi connectivity index (χ1v) is 10.1. The fraction of sp³-hybridized carbons (Fsp3) is 0.217. The molecule has 1 aromatic heterocycles. The third-order valence-electron chi connectivity index (χ3n) is 5.03. The van der Waals surface area contributed by atoms with Gasteiger partial charge >= 0.3 is 0 Å². The van der Waals surface area contributed by atoms with Gasteiger partial charge in [-0.2, -0.15) is 0 Å². The number of benzene rings is 2. The summed E-state index contributed by atoms with van der Waals surface area (Å²) in [5, 5.41) is 0.691. The van der Waals surface area contributed by atoms with E-state index in [2.05, 4.69) is 16.0 Å². The maximum atomic E-state index is 13.1. The Balaban J connectivity index is 1.41. The summed E-state index contributed by atoms with van der Waals surface area (Å²) < 4.78 is 5.96. The highest BCUT2D eigenvalue weighted by Crippen LogP contribution is 2.23. The van der Waals surface area contributed by atoms with Gasteiger partial charge in [0.1, 0.15) is 25.4 Å². The van der Waals surface area contributed by atoms with Crippen LogP contribution in [0.2, 0.25) is 5.02 Å². The highest BCUT2D eigenvalue weighted by Gasteiger charge is 2.28. The van der Waals surface area contributed by atoms with Crippen molar-refractivity contribution in [1.29, 1.82) is 0 Å². The zero-order chi connectivity index (χ0) is 20.1. The van der Waals surface area contributed by atoms with E-state index in [-0.39, 0.29) is 5.91 Å². The van der Waals surface area contributed by atoms with Crippen molar-refractivity contribution in [1.82, 2.24) is 4.90 Å². The minimum absolute atomic E-state index is 0.00778. The Morgan fingerprint density at radius 2 is 1.66 bits per heavy atom. The molecule has 0 spiro atoms. The number of nitrogens with zero attached hydrogens (tertiary/aromatic N) is 2. The Morgan fingerprint density at radius 1 is 0.931 bits per heavy atom. The first-order valence-electron chi connectivity index (χ1n) is 9.68. The number of H-pyrrole nitrogens is 1. The van der Waals surface area contributed by atoms with Crippen LogP contribution in [0, 0.1) is 0 Å². The zero-order valence-electron chi connectivity index (χ0n) is 16.1. The van der Waals surface area contributed by atoms with E-state index in [0.29, 0.717) is 36.0 Å². The maximum absolute atomic E-state index is 13.1. The second-order valence-electron chi connectivity index (χ2n) is 6.94. The number of nitrogens with one attached hydrogen (secondary N) is 1. The Morgan fingerprint density at radius 3 is 2.38 bits per heavy atom. The summed E-state index contributed by atoms with van der Waals surface area (Å²) in [5.74, 6) is 1.69. The molecule has 0 bridgehead atoms. The molecule has 1 aliphatic heterocycles. The molecule has 1 N–H and O–H groups in total. The van der Waals surface area contributed by atoms with Crippen molar-refractivity contribution >= 4 is 23.3 Å². The number of carbonyl (C=O) groups is 1. The average molecular weight is 409 g/mol. The Bertz CT molecular complexity index is 955. The van der Waals surface area contributed by atoms with E-state index in [0.717, 1.165) is 24.5 Å². The number of amides is 1. The van der Waals surface area contributed by atoms with Gasteiger partial charge < -0.3 is 9.64 Å². The van der Waals surface area contributed by atoms with Crippen molar-refractivity contribution in [2.75, 3.05) is 31.1 Å². The average Bonchev–Trinajstić information content (AvgIpc) is 2.79. The number of para-hydroxylation sites is 1. The van der Waals surface area contributed by atoms with Gasteiger partial charge in [0.2, 0.25) is 0 Å². The van der Waals surface area contributed by atoms with Crippen LogP contribution < -0.4 is 14.6 Å². The van der Waals surface area contributed by atoms with Gasteiger partial charge in [0.15, 0.2) is 0 Å². The normalized spacial score (nSPS) is 14.0. The van der Waals surface area contributed by atoms with Gasteiger partial charge in [-0.1, -0.05) is 41.9 Å². The first kappa shape index (κ1) is 19.3. The van der Waals surface area contributed by atoms with E-state index >= 15 is 0 Å². The quantitative estimate of drug-likeness (QED) is 0.646. The molecule has 0 unspecified atom stereocenters. The lowest BCUT2D eigenvalue weighted by atomic mass is 10.1. The number of hydrogen-bond donors (Lipinski definition) is 0. The number of piperazine rings is 1. The smallest absolute Gasteiger partial charge is 0.274 e. The highest BCUT2D eigenvalue weighted by atomic mass is 35.5. The fourth-order valence-corrected chi connectivity index (χ4v) is 3.54. The maximum Gasteiger partial charge on any atom is 0.274 e. The summed E-state index contributed by atoms with van der Waals surface area (Å²) in [6.45, 7) is 3.32. The predicted molar refractivity (Wildman–Crippen MR) is 113 cm³/mol. The fourth-order valence-electron chi connectivity index (χ4n) is 3.41. The van der Waals surface area contributed by atoms with Gasteiger partial charge in [0, 0.05) is 11.1 Å². The number of ether oxygens (including phenoxy) is 1. The van der Waals surface area contributed by atoms with Crippen LogP contribution in [0.15, 0.2) is 72.9 Å². The molecule has 1 fully saturated rings. The second-order valence-corrected chi connectivity index (χ2v) is 7.37. The largest absolute Gasteiger partial charge is 0.488 e. The SMILES string of the molecule is O=C(c1ccccc1OCc1ccc(Cl)cc1)N1CCN(c2cccc[nH+]2)CC1. The van der Waals surface area contributed by atoms with Crippen molar-refractivity contribution in [2.24, 2.45) is 0 Å². The molecule has 0 atom stereocenters.